The molecule has 1 aliphatic carbocycles. The molecule has 0 aromatic carbocycles. The van der Waals surface area contributed by atoms with Crippen molar-refractivity contribution in [3.63, 3.8) is 0 Å². The van der Waals surface area contributed by atoms with Gasteiger partial charge in [-0.25, -0.2) is 0 Å². The minimum Gasteiger partial charge on any atom is -0.370 e. The summed E-state index contributed by atoms with van der Waals surface area (Å²) in [6, 6.07) is 0.553. The molecule has 0 amide bonds. The van der Waals surface area contributed by atoms with Gasteiger partial charge in [0.15, 0.2) is 11.7 Å². The van der Waals surface area contributed by atoms with Crippen LogP contribution in [-0.2, 0) is 9.47 Å². The van der Waals surface area contributed by atoms with Crippen LogP contribution in [0.2, 0.25) is 0 Å². The third-order valence-corrected chi connectivity index (χ3v) is 5.42. The van der Waals surface area contributed by atoms with Crippen LogP contribution >= 0.6 is 0 Å². The third kappa shape index (κ3) is 4.37. The van der Waals surface area contributed by atoms with Gasteiger partial charge >= 0.3 is 0 Å². The van der Waals surface area contributed by atoms with Gasteiger partial charge in [-0.3, -0.25) is 9.89 Å². The van der Waals surface area contributed by atoms with Crippen molar-refractivity contribution in [1.82, 2.24) is 10.2 Å². The molecule has 0 aromatic rings. The molecule has 3 fully saturated rings. The number of rotatable bonds is 5. The highest BCUT2D eigenvalue weighted by molar-refractivity contribution is 5.77. The Balaban J connectivity index is 1.39. The van der Waals surface area contributed by atoms with Crippen LogP contribution in [0.1, 0.15) is 51.9 Å². The first-order chi connectivity index (χ1) is 11.2. The summed E-state index contributed by atoms with van der Waals surface area (Å²) in [7, 11) is 0. The summed E-state index contributed by atoms with van der Waals surface area (Å²) in [5, 5.41) is 3.21. The van der Waals surface area contributed by atoms with Crippen LogP contribution in [0.3, 0.4) is 0 Å². The molecule has 6 nitrogen and oxygen atoms in total. The van der Waals surface area contributed by atoms with Gasteiger partial charge in [0.25, 0.3) is 0 Å². The predicted octanol–water partition coefficient (Wildman–Crippen LogP) is 1.45. The summed E-state index contributed by atoms with van der Waals surface area (Å²) in [6.07, 6.45) is 8.36. The number of hydrogen-bond donors (Lipinski definition) is 2. The van der Waals surface area contributed by atoms with Gasteiger partial charge in [0.2, 0.25) is 0 Å². The van der Waals surface area contributed by atoms with Crippen LogP contribution < -0.4 is 11.1 Å². The fourth-order valence-electron chi connectivity index (χ4n) is 4.07. The number of likely N-dealkylation sites (N-methyl/N-ethyl adjacent to an activating group) is 1. The largest absolute Gasteiger partial charge is 0.370 e. The second kappa shape index (κ2) is 7.81. The molecule has 6 heteroatoms. The highest BCUT2D eigenvalue weighted by Gasteiger charge is 2.42. The lowest BCUT2D eigenvalue weighted by molar-refractivity contribution is -0.186. The van der Waals surface area contributed by atoms with Gasteiger partial charge in [0.1, 0.15) is 6.10 Å². The average Bonchev–Trinajstić information content (AvgIpc) is 3.18. The van der Waals surface area contributed by atoms with Crippen molar-refractivity contribution < 1.29 is 9.47 Å². The van der Waals surface area contributed by atoms with Gasteiger partial charge in [-0.2, -0.15) is 0 Å². The standard InChI is InChI=1S/C17H32N4O2/c1-2-21-10-6-7-14(21)11-19-16(18)20-12-15-13-22-17(23-15)8-4-3-5-9-17/h14-15H,2-13H2,1H3,(H3,18,19,20). The molecular weight excluding hydrogens is 292 g/mol. The fourth-order valence-corrected chi connectivity index (χ4v) is 4.07. The SMILES string of the molecule is CCN1CCCC1CN=C(N)NCC1COC2(CCCCC2)O1. The van der Waals surface area contributed by atoms with Crippen molar-refractivity contribution in [2.24, 2.45) is 10.7 Å². The Kier molecular flexibility index (Phi) is 5.77. The Morgan fingerprint density at radius 3 is 2.91 bits per heavy atom. The van der Waals surface area contributed by atoms with E-state index in [1.807, 2.05) is 0 Å². The van der Waals surface area contributed by atoms with E-state index in [4.69, 9.17) is 15.2 Å². The van der Waals surface area contributed by atoms with Crippen molar-refractivity contribution in [2.45, 2.75) is 69.8 Å². The third-order valence-electron chi connectivity index (χ3n) is 5.42. The molecule has 2 aliphatic heterocycles. The monoisotopic (exact) mass is 324 g/mol. The van der Waals surface area contributed by atoms with Gasteiger partial charge in [0.05, 0.1) is 13.2 Å². The van der Waals surface area contributed by atoms with Gasteiger partial charge in [0, 0.05) is 25.4 Å². The Bertz CT molecular complexity index is 409. The average molecular weight is 324 g/mol. The highest BCUT2D eigenvalue weighted by Crippen LogP contribution is 2.37. The maximum Gasteiger partial charge on any atom is 0.188 e. The van der Waals surface area contributed by atoms with E-state index in [9.17, 15) is 0 Å². The molecule has 0 radical (unpaired) electrons. The molecule has 2 atom stereocenters. The fraction of sp³-hybridized carbons (Fsp3) is 0.941. The number of nitrogens with zero attached hydrogens (tertiary/aromatic N) is 2. The van der Waals surface area contributed by atoms with Crippen molar-refractivity contribution in [1.29, 1.82) is 0 Å². The van der Waals surface area contributed by atoms with Gasteiger partial charge in [-0.1, -0.05) is 13.3 Å². The Morgan fingerprint density at radius 2 is 2.13 bits per heavy atom. The lowest BCUT2D eigenvalue weighted by atomic mass is 9.94. The quantitative estimate of drug-likeness (QED) is 0.591. The predicted molar refractivity (Wildman–Crippen MR) is 91.4 cm³/mol. The van der Waals surface area contributed by atoms with E-state index in [0.717, 1.165) is 25.9 Å². The van der Waals surface area contributed by atoms with Crippen molar-refractivity contribution in [2.75, 3.05) is 32.8 Å². The number of guanidine groups is 1. The van der Waals surface area contributed by atoms with E-state index in [-0.39, 0.29) is 11.9 Å². The molecule has 0 aromatic heterocycles. The number of ether oxygens (including phenoxy) is 2. The lowest BCUT2D eigenvalue weighted by Crippen LogP contribution is -2.41. The van der Waals surface area contributed by atoms with Crippen molar-refractivity contribution in [3.8, 4) is 0 Å². The molecule has 1 saturated carbocycles. The lowest BCUT2D eigenvalue weighted by Gasteiger charge is -2.31. The molecule has 132 valence electrons. The summed E-state index contributed by atoms with van der Waals surface area (Å²) >= 11 is 0. The van der Waals surface area contributed by atoms with E-state index >= 15 is 0 Å². The summed E-state index contributed by atoms with van der Waals surface area (Å²) < 4.78 is 12.1. The molecule has 0 bridgehead atoms. The number of hydrogen-bond acceptors (Lipinski definition) is 4. The van der Waals surface area contributed by atoms with Crippen LogP contribution in [0.5, 0.6) is 0 Å². The molecule has 23 heavy (non-hydrogen) atoms. The Labute approximate surface area is 139 Å². The number of aliphatic imine (C=N–C) groups is 1. The summed E-state index contributed by atoms with van der Waals surface area (Å²) in [6.45, 7) is 6.63. The molecule has 2 saturated heterocycles. The van der Waals surface area contributed by atoms with Gasteiger partial charge in [-0.15, -0.1) is 0 Å². The van der Waals surface area contributed by atoms with Crippen LogP contribution in [0.4, 0.5) is 0 Å². The van der Waals surface area contributed by atoms with Crippen LogP contribution in [0.15, 0.2) is 4.99 Å². The van der Waals surface area contributed by atoms with E-state index in [1.165, 1.54) is 38.6 Å². The normalized spacial score (nSPS) is 31.8. The molecule has 3 rings (SSSR count). The van der Waals surface area contributed by atoms with Crippen LogP contribution in [-0.4, -0.2) is 61.6 Å². The molecule has 3 N–H and O–H groups in total. The summed E-state index contributed by atoms with van der Waals surface area (Å²) in [4.78, 5) is 7.00. The second-order valence-corrected chi connectivity index (χ2v) is 7.05. The van der Waals surface area contributed by atoms with Gasteiger partial charge < -0.3 is 20.5 Å². The van der Waals surface area contributed by atoms with Gasteiger partial charge in [-0.05, 0) is 38.8 Å². The molecule has 1 spiro atoms. The molecule has 3 aliphatic rings. The van der Waals surface area contributed by atoms with Crippen LogP contribution in [0.25, 0.3) is 0 Å². The summed E-state index contributed by atoms with van der Waals surface area (Å²) in [5.74, 6) is 0.225. The van der Waals surface area contributed by atoms with Crippen molar-refractivity contribution >= 4 is 5.96 Å². The Morgan fingerprint density at radius 1 is 1.30 bits per heavy atom. The zero-order valence-corrected chi connectivity index (χ0v) is 14.4. The molecule has 2 heterocycles. The maximum absolute atomic E-state index is 6.15. The van der Waals surface area contributed by atoms with E-state index in [0.29, 0.717) is 25.2 Å². The van der Waals surface area contributed by atoms with Crippen molar-refractivity contribution in [3.05, 3.63) is 0 Å². The van der Waals surface area contributed by atoms with E-state index < -0.39 is 0 Å². The number of nitrogens with one attached hydrogen (secondary N) is 1. The minimum absolute atomic E-state index is 0.0838. The van der Waals surface area contributed by atoms with Crippen LogP contribution in [0, 0.1) is 0 Å². The smallest absolute Gasteiger partial charge is 0.188 e. The number of nitrogens with two attached hydrogens (primary N) is 1. The zero-order valence-electron chi connectivity index (χ0n) is 14.4. The molecular formula is C17H32N4O2. The first-order valence-corrected chi connectivity index (χ1v) is 9.30. The Hall–Kier alpha value is -0.850. The summed E-state index contributed by atoms with van der Waals surface area (Å²) in [5.41, 5.74) is 6.01. The second-order valence-electron chi connectivity index (χ2n) is 7.05. The van der Waals surface area contributed by atoms with E-state index in [2.05, 4.69) is 22.1 Å². The van der Waals surface area contributed by atoms with E-state index in [1.54, 1.807) is 0 Å². The minimum atomic E-state index is -0.304. The topological polar surface area (TPSA) is 72.1 Å². The highest BCUT2D eigenvalue weighted by atomic mass is 16.7. The zero-order chi connectivity index (χ0) is 16.1. The first-order valence-electron chi connectivity index (χ1n) is 9.30. The first kappa shape index (κ1) is 17.0. The molecule has 2 unspecified atom stereocenters. The maximum atomic E-state index is 6.15. The number of likely N-dealkylation sites (tertiary alicyclic amines) is 1.